The van der Waals surface area contributed by atoms with Crippen LogP contribution in [0.2, 0.25) is 5.02 Å². The molecule has 33 heavy (non-hydrogen) atoms. The molecule has 0 N–H and O–H groups in total. The summed E-state index contributed by atoms with van der Waals surface area (Å²) in [5.74, 6) is 0.136. The number of fused-ring (bicyclic) bond motifs is 1. The predicted molar refractivity (Wildman–Crippen MR) is 127 cm³/mol. The first-order valence-corrected chi connectivity index (χ1v) is 11.3. The predicted octanol–water partition coefficient (Wildman–Crippen LogP) is 6.62. The number of benzene rings is 2. The van der Waals surface area contributed by atoms with Gasteiger partial charge in [-0.15, -0.1) is 11.3 Å². The fourth-order valence-electron chi connectivity index (χ4n) is 3.51. The summed E-state index contributed by atoms with van der Waals surface area (Å²) < 4.78 is 25.0. The van der Waals surface area contributed by atoms with Crippen LogP contribution in [-0.4, -0.2) is 30.8 Å². The Labute approximate surface area is 198 Å². The normalized spacial score (nSPS) is 10.9. The van der Waals surface area contributed by atoms with Gasteiger partial charge in [0.15, 0.2) is 23.1 Å². The number of hydrogen-bond acceptors (Lipinski definition) is 6. The number of thiophene rings is 1. The molecule has 0 aliphatic carbocycles. The first-order chi connectivity index (χ1) is 15.9. The summed E-state index contributed by atoms with van der Waals surface area (Å²) in [6.45, 7) is 0. The molecule has 0 saturated heterocycles. The Morgan fingerprint density at radius 1 is 1.00 bits per heavy atom. The molecule has 0 saturated carbocycles. The van der Waals surface area contributed by atoms with E-state index in [2.05, 4.69) is 4.98 Å². The minimum atomic E-state index is -0.309. The van der Waals surface area contributed by atoms with Crippen LogP contribution in [0.5, 0.6) is 11.5 Å². The number of nitrogens with zero attached hydrogens (tertiary/aromatic N) is 1. The molecule has 0 bridgehead atoms. The molecular weight excluding hydrogens is 465 g/mol. The van der Waals surface area contributed by atoms with Crippen molar-refractivity contribution in [2.24, 2.45) is 0 Å². The van der Waals surface area contributed by atoms with Crippen molar-refractivity contribution < 1.29 is 23.5 Å². The third-order valence-electron chi connectivity index (χ3n) is 5.19. The van der Waals surface area contributed by atoms with Gasteiger partial charge in [0, 0.05) is 39.8 Å². The monoisotopic (exact) mass is 483 g/mol. The molecule has 2 heterocycles. The summed E-state index contributed by atoms with van der Waals surface area (Å²) in [5, 5.41) is 2.84. The standard InChI is InChI=1S/C25H19ClFNO4S/c1-31-23-9-6-14(10-24(23)32-2)21(29)7-8-22(30)20-12-15(26)11-19(28-20)17-13-33-25-16(17)4-3-5-18(25)27/h3-6,9-13H,7-8H2,1-2H3. The van der Waals surface area contributed by atoms with Gasteiger partial charge >= 0.3 is 0 Å². The Morgan fingerprint density at radius 2 is 1.76 bits per heavy atom. The zero-order valence-electron chi connectivity index (χ0n) is 17.9. The van der Waals surface area contributed by atoms with Crippen LogP contribution in [0.15, 0.2) is 53.9 Å². The molecule has 8 heteroatoms. The summed E-state index contributed by atoms with van der Waals surface area (Å²) in [6, 6.07) is 12.8. The summed E-state index contributed by atoms with van der Waals surface area (Å²) in [4.78, 5) is 29.9. The second kappa shape index (κ2) is 9.68. The largest absolute Gasteiger partial charge is 0.493 e. The highest BCUT2D eigenvalue weighted by atomic mass is 35.5. The fraction of sp³-hybridized carbons (Fsp3) is 0.160. The molecule has 0 fully saturated rings. The zero-order chi connectivity index (χ0) is 23.5. The SMILES string of the molecule is COc1ccc(C(=O)CCC(=O)c2cc(Cl)cc(-c3csc4c(F)cccc34)n2)cc1OC. The maximum Gasteiger partial charge on any atom is 0.181 e. The smallest absolute Gasteiger partial charge is 0.181 e. The highest BCUT2D eigenvalue weighted by molar-refractivity contribution is 7.17. The van der Waals surface area contributed by atoms with Crippen molar-refractivity contribution in [1.82, 2.24) is 4.98 Å². The van der Waals surface area contributed by atoms with Crippen molar-refractivity contribution >= 4 is 44.6 Å². The van der Waals surface area contributed by atoms with Gasteiger partial charge in [-0.1, -0.05) is 23.7 Å². The molecule has 2 aromatic heterocycles. The topological polar surface area (TPSA) is 65.5 Å². The van der Waals surface area contributed by atoms with Crippen molar-refractivity contribution in [1.29, 1.82) is 0 Å². The Morgan fingerprint density at radius 3 is 2.52 bits per heavy atom. The van der Waals surface area contributed by atoms with Crippen molar-refractivity contribution in [2.75, 3.05) is 14.2 Å². The van der Waals surface area contributed by atoms with E-state index in [-0.39, 0.29) is 35.9 Å². The number of Topliss-reactive ketones (excluding diaryl/α,β-unsaturated/α-hetero) is 2. The lowest BCUT2D eigenvalue weighted by atomic mass is 10.0. The average molecular weight is 484 g/mol. The first-order valence-electron chi connectivity index (χ1n) is 10.0. The lowest BCUT2D eigenvalue weighted by molar-refractivity contribution is 0.0915. The van der Waals surface area contributed by atoms with Gasteiger partial charge in [-0.2, -0.15) is 0 Å². The van der Waals surface area contributed by atoms with Crippen LogP contribution in [0.1, 0.15) is 33.7 Å². The van der Waals surface area contributed by atoms with Gasteiger partial charge < -0.3 is 9.47 Å². The molecular formula is C25H19ClFNO4S. The van der Waals surface area contributed by atoms with E-state index in [0.717, 1.165) is 0 Å². The number of pyridine rings is 1. The number of methoxy groups -OCH3 is 2. The molecule has 0 amide bonds. The molecule has 4 aromatic rings. The van der Waals surface area contributed by atoms with E-state index >= 15 is 0 Å². The van der Waals surface area contributed by atoms with Gasteiger partial charge in [0.05, 0.1) is 24.6 Å². The van der Waals surface area contributed by atoms with E-state index in [1.165, 1.54) is 37.7 Å². The summed E-state index contributed by atoms with van der Waals surface area (Å²) >= 11 is 7.52. The Hall–Kier alpha value is -3.29. The maximum absolute atomic E-state index is 14.1. The highest BCUT2D eigenvalue weighted by Crippen LogP contribution is 2.35. The first kappa shape index (κ1) is 22.9. The van der Waals surface area contributed by atoms with Crippen molar-refractivity contribution in [3.8, 4) is 22.8 Å². The molecule has 0 aliphatic heterocycles. The number of ketones is 2. The number of halogens is 2. The maximum atomic E-state index is 14.1. The third kappa shape index (κ3) is 4.74. The van der Waals surface area contributed by atoms with E-state index in [9.17, 15) is 14.0 Å². The summed E-state index contributed by atoms with van der Waals surface area (Å²) in [7, 11) is 3.00. The van der Waals surface area contributed by atoms with Crippen LogP contribution in [0.4, 0.5) is 4.39 Å². The van der Waals surface area contributed by atoms with E-state index in [1.807, 2.05) is 0 Å². The number of carbonyl (C=O) groups is 2. The second-order valence-electron chi connectivity index (χ2n) is 7.24. The van der Waals surface area contributed by atoms with Gasteiger partial charge in [0.1, 0.15) is 11.5 Å². The van der Waals surface area contributed by atoms with Gasteiger partial charge in [-0.25, -0.2) is 9.37 Å². The molecule has 168 valence electrons. The van der Waals surface area contributed by atoms with Crippen LogP contribution >= 0.6 is 22.9 Å². The number of rotatable bonds is 8. The number of aromatic nitrogens is 1. The minimum Gasteiger partial charge on any atom is -0.493 e. The van der Waals surface area contributed by atoms with E-state index in [0.29, 0.717) is 43.4 Å². The van der Waals surface area contributed by atoms with Crippen molar-refractivity contribution in [3.05, 3.63) is 76.0 Å². The number of hydrogen-bond donors (Lipinski definition) is 0. The fourth-order valence-corrected chi connectivity index (χ4v) is 4.68. The Kier molecular flexibility index (Phi) is 6.72. The van der Waals surface area contributed by atoms with Crippen LogP contribution in [0, 0.1) is 5.82 Å². The molecule has 0 atom stereocenters. The number of ether oxygens (including phenoxy) is 2. The van der Waals surface area contributed by atoms with Crippen LogP contribution in [-0.2, 0) is 0 Å². The minimum absolute atomic E-state index is 0.00440. The van der Waals surface area contributed by atoms with Crippen molar-refractivity contribution in [3.63, 3.8) is 0 Å². The van der Waals surface area contributed by atoms with Crippen molar-refractivity contribution in [2.45, 2.75) is 12.8 Å². The molecule has 0 radical (unpaired) electrons. The van der Waals surface area contributed by atoms with E-state index in [4.69, 9.17) is 21.1 Å². The van der Waals surface area contributed by atoms with Gasteiger partial charge in [-0.05, 0) is 36.4 Å². The zero-order valence-corrected chi connectivity index (χ0v) is 19.4. The molecule has 4 rings (SSSR count). The van der Waals surface area contributed by atoms with Crippen LogP contribution < -0.4 is 9.47 Å². The van der Waals surface area contributed by atoms with Crippen LogP contribution in [0.25, 0.3) is 21.3 Å². The Bertz CT molecular complexity index is 1370. The molecule has 0 spiro atoms. The number of carbonyl (C=O) groups excluding carboxylic acids is 2. The third-order valence-corrected chi connectivity index (χ3v) is 6.41. The molecule has 0 unspecified atom stereocenters. The Balaban J connectivity index is 1.54. The van der Waals surface area contributed by atoms with E-state index in [1.54, 1.807) is 41.8 Å². The lowest BCUT2D eigenvalue weighted by Gasteiger charge is -2.09. The molecule has 2 aromatic carbocycles. The molecule has 5 nitrogen and oxygen atoms in total. The van der Waals surface area contributed by atoms with Gasteiger partial charge in [-0.3, -0.25) is 9.59 Å². The second-order valence-corrected chi connectivity index (χ2v) is 8.55. The average Bonchev–Trinajstić information content (AvgIpc) is 3.27. The highest BCUT2D eigenvalue weighted by Gasteiger charge is 2.17. The van der Waals surface area contributed by atoms with Crippen LogP contribution in [0.3, 0.4) is 0 Å². The summed E-state index contributed by atoms with van der Waals surface area (Å²) in [5.41, 5.74) is 1.77. The van der Waals surface area contributed by atoms with E-state index < -0.39 is 0 Å². The quantitative estimate of drug-likeness (QED) is 0.263. The van der Waals surface area contributed by atoms with Gasteiger partial charge in [0.25, 0.3) is 0 Å². The molecule has 0 aliphatic rings. The summed E-state index contributed by atoms with van der Waals surface area (Å²) in [6.07, 6.45) is -0.0244. The van der Waals surface area contributed by atoms with Gasteiger partial charge in [0.2, 0.25) is 0 Å². The lowest BCUT2D eigenvalue weighted by Crippen LogP contribution is -2.08.